The van der Waals surface area contributed by atoms with Gasteiger partial charge >= 0.3 is 6.36 Å². The summed E-state index contributed by atoms with van der Waals surface area (Å²) in [6.07, 6.45) is -0.457. The van der Waals surface area contributed by atoms with Gasteiger partial charge in [-0.05, 0) is 18.6 Å². The summed E-state index contributed by atoms with van der Waals surface area (Å²) < 4.78 is 38.4. The first-order chi connectivity index (χ1) is 6.39. The highest BCUT2D eigenvalue weighted by molar-refractivity contribution is 5.24. The predicted molar refractivity (Wildman–Crippen MR) is 48.2 cm³/mol. The Morgan fingerprint density at radius 3 is 2.36 bits per heavy atom. The summed E-state index contributed by atoms with van der Waals surface area (Å²) in [6.45, 7) is 5.08. The van der Waals surface area contributed by atoms with Crippen LogP contribution >= 0.6 is 0 Å². The van der Waals surface area contributed by atoms with Crippen LogP contribution in [0.2, 0.25) is 0 Å². The lowest BCUT2D eigenvalue weighted by atomic mass is 10.2. The third-order valence-electron chi connectivity index (χ3n) is 1.34. The molecule has 0 aliphatic carbocycles. The maximum absolute atomic E-state index is 11.6. The van der Waals surface area contributed by atoms with E-state index in [4.69, 9.17) is 5.73 Å². The van der Waals surface area contributed by atoms with E-state index in [0.717, 1.165) is 6.08 Å². The standard InChI is InChI=1S/C9H12F3NO/c1-3-8(6-13)5-4-7(2)14-9(10,11)12/h3-5H,2,6,13H2,1H3/b5-4-,8-3+. The van der Waals surface area contributed by atoms with E-state index in [1.807, 2.05) is 0 Å². The Morgan fingerprint density at radius 2 is 2.00 bits per heavy atom. The first-order valence-corrected chi connectivity index (χ1v) is 3.87. The number of allylic oxidation sites excluding steroid dienone is 2. The molecule has 0 rings (SSSR count). The number of alkyl halides is 3. The molecule has 2 nitrogen and oxygen atoms in total. The Labute approximate surface area is 80.5 Å². The maximum Gasteiger partial charge on any atom is 0.573 e. The summed E-state index contributed by atoms with van der Waals surface area (Å²) >= 11 is 0. The molecule has 0 saturated heterocycles. The minimum atomic E-state index is -4.69. The van der Waals surface area contributed by atoms with Gasteiger partial charge in [-0.1, -0.05) is 18.7 Å². The molecule has 0 aliphatic heterocycles. The molecule has 0 fully saturated rings. The van der Waals surface area contributed by atoms with E-state index in [0.29, 0.717) is 5.57 Å². The zero-order valence-corrected chi connectivity index (χ0v) is 7.77. The highest BCUT2D eigenvalue weighted by atomic mass is 19.4. The van der Waals surface area contributed by atoms with Gasteiger partial charge in [0.25, 0.3) is 0 Å². The van der Waals surface area contributed by atoms with Crippen molar-refractivity contribution in [2.24, 2.45) is 5.73 Å². The van der Waals surface area contributed by atoms with Crippen molar-refractivity contribution in [3.05, 3.63) is 36.1 Å². The van der Waals surface area contributed by atoms with Crippen molar-refractivity contribution < 1.29 is 17.9 Å². The summed E-state index contributed by atoms with van der Waals surface area (Å²) in [7, 11) is 0. The Kier molecular flexibility index (Phi) is 5.01. The number of nitrogens with two attached hydrogens (primary N) is 1. The second-order valence-electron chi connectivity index (χ2n) is 2.42. The highest BCUT2D eigenvalue weighted by Crippen LogP contribution is 2.20. The summed E-state index contributed by atoms with van der Waals surface area (Å²) in [4.78, 5) is 0. The fourth-order valence-corrected chi connectivity index (χ4v) is 0.665. The van der Waals surface area contributed by atoms with Crippen molar-refractivity contribution in [3.8, 4) is 0 Å². The third kappa shape index (κ3) is 6.30. The Hall–Kier alpha value is -1.23. The second kappa shape index (κ2) is 5.49. The summed E-state index contributed by atoms with van der Waals surface area (Å²) in [5.74, 6) is -0.467. The average molecular weight is 207 g/mol. The predicted octanol–water partition coefficient (Wildman–Crippen LogP) is 2.50. The van der Waals surface area contributed by atoms with Crippen LogP contribution in [0.15, 0.2) is 36.1 Å². The van der Waals surface area contributed by atoms with Gasteiger partial charge in [0.05, 0.1) is 0 Å². The molecule has 0 radical (unpaired) electrons. The van der Waals surface area contributed by atoms with Crippen molar-refractivity contribution in [2.45, 2.75) is 13.3 Å². The van der Waals surface area contributed by atoms with Crippen LogP contribution in [-0.2, 0) is 4.74 Å². The van der Waals surface area contributed by atoms with Crippen molar-refractivity contribution in [3.63, 3.8) is 0 Å². The molecule has 80 valence electrons. The molecule has 0 unspecified atom stereocenters. The van der Waals surface area contributed by atoms with Gasteiger partial charge in [-0.2, -0.15) is 0 Å². The van der Waals surface area contributed by atoms with Gasteiger partial charge in [0.15, 0.2) is 0 Å². The lowest BCUT2D eigenvalue weighted by Crippen LogP contribution is -2.11. The SMILES string of the molecule is C=C(/C=C\C(=C/C)CN)OC(F)(F)F. The molecule has 0 amide bonds. The molecule has 2 N–H and O–H groups in total. The topological polar surface area (TPSA) is 35.2 Å². The first kappa shape index (κ1) is 12.8. The molecular weight excluding hydrogens is 195 g/mol. The van der Waals surface area contributed by atoms with E-state index < -0.39 is 12.1 Å². The number of halogens is 3. The quantitative estimate of drug-likeness (QED) is 0.567. The van der Waals surface area contributed by atoms with Gasteiger partial charge in [0, 0.05) is 6.54 Å². The molecule has 0 heterocycles. The zero-order valence-electron chi connectivity index (χ0n) is 7.77. The van der Waals surface area contributed by atoms with Crippen molar-refractivity contribution in [1.82, 2.24) is 0 Å². The summed E-state index contributed by atoms with van der Waals surface area (Å²) in [6, 6.07) is 0. The molecule has 5 heteroatoms. The fourth-order valence-electron chi connectivity index (χ4n) is 0.665. The first-order valence-electron chi connectivity index (χ1n) is 3.87. The number of hydrogen-bond acceptors (Lipinski definition) is 2. The van der Waals surface area contributed by atoms with Crippen molar-refractivity contribution in [1.29, 1.82) is 0 Å². The Balaban J connectivity index is 4.19. The molecule has 0 aromatic carbocycles. The van der Waals surface area contributed by atoms with Crippen LogP contribution in [0.4, 0.5) is 13.2 Å². The van der Waals surface area contributed by atoms with Crippen LogP contribution in [-0.4, -0.2) is 12.9 Å². The minimum Gasteiger partial charge on any atom is -0.406 e. The number of rotatable bonds is 4. The van der Waals surface area contributed by atoms with Crippen LogP contribution in [0.5, 0.6) is 0 Å². The molecule has 0 spiro atoms. The van der Waals surface area contributed by atoms with Gasteiger partial charge in [-0.3, -0.25) is 0 Å². The van der Waals surface area contributed by atoms with Crippen molar-refractivity contribution in [2.75, 3.05) is 6.54 Å². The Morgan fingerprint density at radius 1 is 1.43 bits per heavy atom. The molecule has 0 bridgehead atoms. The highest BCUT2D eigenvalue weighted by Gasteiger charge is 2.30. The second-order valence-corrected chi connectivity index (χ2v) is 2.42. The van der Waals surface area contributed by atoms with Crippen LogP contribution in [0, 0.1) is 0 Å². The number of hydrogen-bond donors (Lipinski definition) is 1. The van der Waals surface area contributed by atoms with Crippen LogP contribution in [0.1, 0.15) is 6.92 Å². The van der Waals surface area contributed by atoms with Crippen LogP contribution in [0.3, 0.4) is 0 Å². The molecule has 0 saturated carbocycles. The van der Waals surface area contributed by atoms with E-state index >= 15 is 0 Å². The summed E-state index contributed by atoms with van der Waals surface area (Å²) in [5.41, 5.74) is 5.99. The van der Waals surface area contributed by atoms with Crippen LogP contribution in [0.25, 0.3) is 0 Å². The summed E-state index contributed by atoms with van der Waals surface area (Å²) in [5, 5.41) is 0. The molecule has 14 heavy (non-hydrogen) atoms. The van der Waals surface area contributed by atoms with Gasteiger partial charge in [-0.15, -0.1) is 13.2 Å². The molecule has 0 aromatic heterocycles. The van der Waals surface area contributed by atoms with E-state index in [1.165, 1.54) is 6.08 Å². The largest absolute Gasteiger partial charge is 0.573 e. The van der Waals surface area contributed by atoms with E-state index in [-0.39, 0.29) is 6.54 Å². The third-order valence-corrected chi connectivity index (χ3v) is 1.34. The molecule has 0 atom stereocenters. The normalized spacial score (nSPS) is 13.4. The smallest absolute Gasteiger partial charge is 0.406 e. The molecule has 0 aliphatic rings. The fraction of sp³-hybridized carbons (Fsp3) is 0.333. The minimum absolute atomic E-state index is 0.256. The van der Waals surface area contributed by atoms with E-state index in [9.17, 15) is 13.2 Å². The lowest BCUT2D eigenvalue weighted by Gasteiger charge is -2.07. The number of ether oxygens (including phenoxy) is 1. The van der Waals surface area contributed by atoms with Gasteiger partial charge < -0.3 is 10.5 Å². The molecule has 0 aromatic rings. The zero-order chi connectivity index (χ0) is 11.2. The Bertz CT molecular complexity index is 253. The van der Waals surface area contributed by atoms with Crippen molar-refractivity contribution >= 4 is 0 Å². The van der Waals surface area contributed by atoms with Gasteiger partial charge in [0.1, 0.15) is 5.76 Å². The van der Waals surface area contributed by atoms with E-state index in [1.54, 1.807) is 13.0 Å². The monoisotopic (exact) mass is 207 g/mol. The van der Waals surface area contributed by atoms with Gasteiger partial charge in [-0.25, -0.2) is 0 Å². The van der Waals surface area contributed by atoms with Gasteiger partial charge in [0.2, 0.25) is 0 Å². The van der Waals surface area contributed by atoms with Crippen LogP contribution < -0.4 is 5.73 Å². The maximum atomic E-state index is 11.6. The van der Waals surface area contributed by atoms with E-state index in [2.05, 4.69) is 11.3 Å². The lowest BCUT2D eigenvalue weighted by molar-refractivity contribution is -0.303. The average Bonchev–Trinajstić information content (AvgIpc) is 2.03. The molecular formula is C9H12F3NO.